The second kappa shape index (κ2) is 7.89. The first-order valence-corrected chi connectivity index (χ1v) is 10.8. The molecule has 0 saturated heterocycles. The molecule has 0 aliphatic carbocycles. The Morgan fingerprint density at radius 3 is 2.79 bits per heavy atom. The minimum atomic E-state index is -0.668. The standard InChI is InChI=1S/C20H17BrN4O2S/c1-3-16(26)25-15-10-5-4-9-14(15)17-18(22-20(28-2)24-23-17)27-19(25)12-7-6-8-13(21)11-12/h4-11,19H,3H2,1-2H3/t19-/m0/s1. The van der Waals surface area contributed by atoms with Crippen LogP contribution in [0.3, 0.4) is 0 Å². The lowest BCUT2D eigenvalue weighted by Gasteiger charge is -2.30. The number of benzene rings is 2. The summed E-state index contributed by atoms with van der Waals surface area (Å²) in [6, 6.07) is 15.3. The largest absolute Gasteiger partial charge is 0.447 e. The highest BCUT2D eigenvalue weighted by Gasteiger charge is 2.35. The normalized spacial score (nSPS) is 15.2. The number of hydrogen-bond acceptors (Lipinski definition) is 6. The van der Waals surface area contributed by atoms with Crippen molar-refractivity contribution in [3.63, 3.8) is 0 Å². The molecule has 0 radical (unpaired) electrons. The maximum absolute atomic E-state index is 13.0. The number of halogens is 1. The van der Waals surface area contributed by atoms with Gasteiger partial charge in [-0.1, -0.05) is 64.9 Å². The number of thioether (sulfide) groups is 1. The van der Waals surface area contributed by atoms with E-state index in [1.165, 1.54) is 11.8 Å². The van der Waals surface area contributed by atoms with Gasteiger partial charge in [0.25, 0.3) is 0 Å². The lowest BCUT2D eigenvalue weighted by Crippen LogP contribution is -2.37. The van der Waals surface area contributed by atoms with Crippen molar-refractivity contribution >= 4 is 39.3 Å². The number of amides is 1. The third-order valence-electron chi connectivity index (χ3n) is 4.40. The van der Waals surface area contributed by atoms with E-state index in [0.717, 1.165) is 21.3 Å². The monoisotopic (exact) mass is 456 g/mol. The molecule has 4 rings (SSSR count). The molecule has 0 N–H and O–H groups in total. The Balaban J connectivity index is 1.98. The van der Waals surface area contributed by atoms with E-state index in [2.05, 4.69) is 31.1 Å². The second-order valence-electron chi connectivity index (χ2n) is 6.11. The van der Waals surface area contributed by atoms with Gasteiger partial charge >= 0.3 is 0 Å². The molecule has 1 amide bonds. The molecular weight excluding hydrogens is 440 g/mol. The van der Waals surface area contributed by atoms with Crippen molar-refractivity contribution in [2.75, 3.05) is 11.2 Å². The summed E-state index contributed by atoms with van der Waals surface area (Å²) in [4.78, 5) is 19.2. The third kappa shape index (κ3) is 3.38. The Hall–Kier alpha value is -2.45. The zero-order chi connectivity index (χ0) is 19.7. The SMILES string of the molecule is CCC(=O)N1c2ccccc2-c2nnc(SC)nc2O[C@H]1c1cccc(Br)c1. The summed E-state index contributed by atoms with van der Waals surface area (Å²) in [5.41, 5.74) is 2.86. The topological polar surface area (TPSA) is 68.2 Å². The highest BCUT2D eigenvalue weighted by molar-refractivity contribution is 9.10. The Bertz CT molecular complexity index is 1050. The van der Waals surface area contributed by atoms with Crippen LogP contribution in [0.4, 0.5) is 5.69 Å². The van der Waals surface area contributed by atoms with Gasteiger partial charge in [0.05, 0.1) is 5.69 Å². The molecule has 6 nitrogen and oxygen atoms in total. The van der Waals surface area contributed by atoms with Crippen LogP contribution in [0.5, 0.6) is 5.88 Å². The third-order valence-corrected chi connectivity index (χ3v) is 5.43. The molecule has 1 aliphatic rings. The van der Waals surface area contributed by atoms with Crippen molar-refractivity contribution < 1.29 is 9.53 Å². The van der Waals surface area contributed by atoms with Crippen LogP contribution in [-0.4, -0.2) is 27.3 Å². The smallest absolute Gasteiger partial charge is 0.247 e. The summed E-state index contributed by atoms with van der Waals surface area (Å²) in [7, 11) is 0. The van der Waals surface area contributed by atoms with Crippen LogP contribution >= 0.6 is 27.7 Å². The average molecular weight is 457 g/mol. The van der Waals surface area contributed by atoms with Crippen molar-refractivity contribution in [1.82, 2.24) is 15.2 Å². The first-order chi connectivity index (χ1) is 13.6. The number of para-hydroxylation sites is 1. The molecule has 8 heteroatoms. The predicted molar refractivity (Wildman–Crippen MR) is 112 cm³/mol. The molecule has 28 heavy (non-hydrogen) atoms. The molecule has 2 heterocycles. The van der Waals surface area contributed by atoms with Gasteiger partial charge < -0.3 is 4.74 Å². The van der Waals surface area contributed by atoms with Crippen molar-refractivity contribution in [3.05, 3.63) is 58.6 Å². The van der Waals surface area contributed by atoms with Gasteiger partial charge in [-0.25, -0.2) is 0 Å². The van der Waals surface area contributed by atoms with Gasteiger partial charge in [-0.05, 0) is 24.5 Å². The fraction of sp³-hybridized carbons (Fsp3) is 0.200. The molecule has 0 fully saturated rings. The number of fused-ring (bicyclic) bond motifs is 3. The van der Waals surface area contributed by atoms with Crippen molar-refractivity contribution in [1.29, 1.82) is 0 Å². The van der Waals surface area contributed by atoms with Crippen molar-refractivity contribution in [2.24, 2.45) is 0 Å². The van der Waals surface area contributed by atoms with Crippen molar-refractivity contribution in [2.45, 2.75) is 24.7 Å². The Labute approximate surface area is 175 Å². The van der Waals surface area contributed by atoms with Gasteiger partial charge in [-0.15, -0.1) is 10.2 Å². The van der Waals surface area contributed by atoms with E-state index in [9.17, 15) is 4.79 Å². The lowest BCUT2D eigenvalue weighted by molar-refractivity contribution is -0.120. The molecule has 0 bridgehead atoms. The van der Waals surface area contributed by atoms with E-state index < -0.39 is 6.23 Å². The maximum Gasteiger partial charge on any atom is 0.247 e. The number of ether oxygens (including phenoxy) is 1. The van der Waals surface area contributed by atoms with Crippen LogP contribution in [-0.2, 0) is 4.79 Å². The minimum Gasteiger partial charge on any atom is -0.447 e. The highest BCUT2D eigenvalue weighted by Crippen LogP contribution is 2.43. The van der Waals surface area contributed by atoms with Crippen LogP contribution in [0.2, 0.25) is 0 Å². The van der Waals surface area contributed by atoms with Gasteiger partial charge in [0.1, 0.15) is 0 Å². The predicted octanol–water partition coefficient (Wildman–Crippen LogP) is 4.86. The van der Waals surface area contributed by atoms with E-state index in [0.29, 0.717) is 23.2 Å². The van der Waals surface area contributed by atoms with Gasteiger partial charge in [0, 0.05) is 22.0 Å². The van der Waals surface area contributed by atoms with E-state index in [4.69, 9.17) is 4.74 Å². The van der Waals surface area contributed by atoms with E-state index in [1.807, 2.05) is 61.7 Å². The number of hydrogen-bond donors (Lipinski definition) is 0. The zero-order valence-electron chi connectivity index (χ0n) is 15.3. The quantitative estimate of drug-likeness (QED) is 0.524. The molecule has 3 aromatic rings. The molecule has 0 unspecified atom stereocenters. The molecule has 0 saturated carbocycles. The number of aromatic nitrogens is 3. The summed E-state index contributed by atoms with van der Waals surface area (Å²) in [5.74, 6) is 0.312. The molecule has 1 aliphatic heterocycles. The summed E-state index contributed by atoms with van der Waals surface area (Å²) >= 11 is 4.90. The molecular formula is C20H17BrN4O2S. The fourth-order valence-corrected chi connectivity index (χ4v) is 3.83. The molecule has 0 spiro atoms. The van der Waals surface area contributed by atoms with Crippen molar-refractivity contribution in [3.8, 4) is 17.1 Å². The number of nitrogens with zero attached hydrogens (tertiary/aromatic N) is 4. The summed E-state index contributed by atoms with van der Waals surface area (Å²) in [5, 5.41) is 9.03. The van der Waals surface area contributed by atoms with Crippen LogP contribution < -0.4 is 9.64 Å². The van der Waals surface area contributed by atoms with Crippen LogP contribution in [0.25, 0.3) is 11.3 Å². The van der Waals surface area contributed by atoms with Gasteiger partial charge in [-0.2, -0.15) is 4.98 Å². The first-order valence-electron chi connectivity index (χ1n) is 8.74. The van der Waals surface area contributed by atoms with E-state index >= 15 is 0 Å². The molecule has 1 aromatic heterocycles. The number of carbonyl (C=O) groups excluding carboxylic acids is 1. The molecule has 1 atom stereocenters. The Kier molecular flexibility index (Phi) is 5.32. The van der Waals surface area contributed by atoms with Gasteiger partial charge in [0.2, 0.25) is 23.2 Å². The van der Waals surface area contributed by atoms with Gasteiger partial charge in [0.15, 0.2) is 5.69 Å². The second-order valence-corrected chi connectivity index (χ2v) is 7.80. The van der Waals surface area contributed by atoms with E-state index in [1.54, 1.807) is 4.90 Å². The lowest BCUT2D eigenvalue weighted by atomic mass is 10.1. The average Bonchev–Trinajstić information content (AvgIpc) is 2.87. The molecule has 142 valence electrons. The van der Waals surface area contributed by atoms with Crippen LogP contribution in [0.15, 0.2) is 58.2 Å². The first kappa shape index (κ1) is 18.9. The summed E-state index contributed by atoms with van der Waals surface area (Å²) in [6.45, 7) is 1.84. The van der Waals surface area contributed by atoms with Crippen LogP contribution in [0, 0.1) is 0 Å². The Morgan fingerprint density at radius 1 is 1.21 bits per heavy atom. The van der Waals surface area contributed by atoms with Crippen LogP contribution in [0.1, 0.15) is 25.1 Å². The van der Waals surface area contributed by atoms with E-state index in [-0.39, 0.29) is 5.91 Å². The summed E-state index contributed by atoms with van der Waals surface area (Å²) < 4.78 is 7.22. The Morgan fingerprint density at radius 2 is 2.04 bits per heavy atom. The number of rotatable bonds is 3. The summed E-state index contributed by atoms with van der Waals surface area (Å²) in [6.07, 6.45) is 1.55. The number of anilines is 1. The fourth-order valence-electron chi connectivity index (χ4n) is 3.12. The minimum absolute atomic E-state index is 0.0525. The van der Waals surface area contributed by atoms with Gasteiger partial charge in [-0.3, -0.25) is 9.69 Å². The maximum atomic E-state index is 13.0. The number of carbonyl (C=O) groups is 1. The highest BCUT2D eigenvalue weighted by atomic mass is 79.9. The molecule has 2 aromatic carbocycles. The zero-order valence-corrected chi connectivity index (χ0v) is 17.7.